The normalized spacial score (nSPS) is 12.2. The number of nitrogens with one attached hydrogen (secondary N) is 1. The molecule has 0 bridgehead atoms. The largest absolute Gasteiger partial charge is 0.457 e. The molecule has 184 valence electrons. The van der Waals surface area contributed by atoms with Gasteiger partial charge < -0.3 is 4.74 Å². The lowest BCUT2D eigenvalue weighted by atomic mass is 9.80. The van der Waals surface area contributed by atoms with Crippen molar-refractivity contribution in [2.45, 2.75) is 32.6 Å². The molecule has 0 aliphatic rings. The first-order valence-electron chi connectivity index (χ1n) is 11.2. The quantitative estimate of drug-likeness (QED) is 0.314. The van der Waals surface area contributed by atoms with Gasteiger partial charge in [0.1, 0.15) is 18.0 Å². The maximum atomic E-state index is 12.6. The number of hydrogen-bond donors (Lipinski definition) is 1. The minimum absolute atomic E-state index is 0.165. The molecule has 0 unspecified atom stereocenters. The van der Waals surface area contributed by atoms with Gasteiger partial charge >= 0.3 is 0 Å². The van der Waals surface area contributed by atoms with Crippen molar-refractivity contribution in [1.82, 2.24) is 5.43 Å². The summed E-state index contributed by atoms with van der Waals surface area (Å²) in [5.41, 5.74) is 4.59. The van der Waals surface area contributed by atoms with E-state index in [0.29, 0.717) is 23.6 Å². The second-order valence-corrected chi connectivity index (χ2v) is 10.9. The molecule has 0 saturated carbocycles. The highest BCUT2D eigenvalue weighted by Crippen LogP contribution is 2.27. The van der Waals surface area contributed by atoms with Crippen LogP contribution >= 0.6 is 0 Å². The molecule has 8 heteroatoms. The van der Waals surface area contributed by atoms with Crippen LogP contribution in [0.3, 0.4) is 0 Å². The number of hydrazone groups is 1. The number of carbonyl (C=O) groups is 1. The number of benzene rings is 3. The number of para-hydroxylation sites is 1. The molecule has 3 rings (SSSR count). The molecule has 0 aliphatic carbocycles. The molecular weight excluding hydrogens is 462 g/mol. The van der Waals surface area contributed by atoms with Crippen LogP contribution in [0.5, 0.6) is 11.5 Å². The fraction of sp³-hybridized carbons (Fsp3) is 0.259. The van der Waals surface area contributed by atoms with Gasteiger partial charge in [-0.15, -0.1) is 0 Å². The smallest absolute Gasteiger partial charge is 0.260 e. The third kappa shape index (κ3) is 7.68. The predicted molar refractivity (Wildman–Crippen MR) is 140 cm³/mol. The molecule has 0 aromatic heterocycles. The Morgan fingerprint density at radius 1 is 0.914 bits per heavy atom. The monoisotopic (exact) mass is 493 g/mol. The van der Waals surface area contributed by atoms with Gasteiger partial charge in [-0.3, -0.25) is 9.10 Å². The zero-order chi connectivity index (χ0) is 25.5. The molecule has 0 atom stereocenters. The Kier molecular flexibility index (Phi) is 8.30. The topological polar surface area (TPSA) is 88.1 Å². The van der Waals surface area contributed by atoms with Crippen molar-refractivity contribution in [3.63, 3.8) is 0 Å². The Balaban J connectivity index is 1.65. The van der Waals surface area contributed by atoms with Crippen LogP contribution < -0.4 is 14.5 Å². The first-order valence-corrected chi connectivity index (χ1v) is 13.1. The van der Waals surface area contributed by atoms with Gasteiger partial charge in [-0.1, -0.05) is 62.4 Å². The lowest BCUT2D eigenvalue weighted by Crippen LogP contribution is -2.39. The van der Waals surface area contributed by atoms with Crippen LogP contribution in [-0.2, 0) is 20.2 Å². The Morgan fingerprint density at radius 3 is 2.03 bits per heavy atom. The van der Waals surface area contributed by atoms with Gasteiger partial charge in [-0.05, 0) is 60.7 Å². The fourth-order valence-electron chi connectivity index (χ4n) is 3.70. The molecular formula is C27H31N3O4S. The van der Waals surface area contributed by atoms with Gasteiger partial charge in [-0.25, -0.2) is 13.8 Å². The zero-order valence-corrected chi connectivity index (χ0v) is 21.2. The summed E-state index contributed by atoms with van der Waals surface area (Å²) in [5.74, 6) is 0.694. The van der Waals surface area contributed by atoms with Gasteiger partial charge in [0.15, 0.2) is 0 Å². The first-order chi connectivity index (χ1) is 16.5. The maximum Gasteiger partial charge on any atom is 0.260 e. The van der Waals surface area contributed by atoms with E-state index in [0.717, 1.165) is 16.3 Å². The first kappa shape index (κ1) is 26.0. The van der Waals surface area contributed by atoms with Crippen LogP contribution in [0.1, 0.15) is 32.8 Å². The molecule has 0 saturated heterocycles. The van der Waals surface area contributed by atoms with Gasteiger partial charge in [0.25, 0.3) is 5.91 Å². The second kappa shape index (κ2) is 11.2. The number of amides is 1. The third-order valence-corrected chi connectivity index (χ3v) is 6.56. The fourth-order valence-corrected chi connectivity index (χ4v) is 4.56. The van der Waals surface area contributed by atoms with Crippen molar-refractivity contribution in [3.05, 3.63) is 90.5 Å². The summed E-state index contributed by atoms with van der Waals surface area (Å²) in [7, 11) is -3.70. The molecule has 3 aromatic rings. The average molecular weight is 494 g/mol. The lowest BCUT2D eigenvalue weighted by molar-refractivity contribution is -0.119. The number of carbonyl (C=O) groups excluding carboxylic acids is 1. The van der Waals surface area contributed by atoms with Crippen molar-refractivity contribution in [3.8, 4) is 11.5 Å². The number of anilines is 1. The number of nitrogens with zero attached hydrogens (tertiary/aromatic N) is 2. The summed E-state index contributed by atoms with van der Waals surface area (Å²) >= 11 is 0. The van der Waals surface area contributed by atoms with Crippen molar-refractivity contribution >= 4 is 27.3 Å². The molecule has 0 aliphatic heterocycles. The van der Waals surface area contributed by atoms with Crippen molar-refractivity contribution in [2.75, 3.05) is 17.1 Å². The average Bonchev–Trinajstić information content (AvgIpc) is 2.82. The van der Waals surface area contributed by atoms with Crippen LogP contribution in [0.25, 0.3) is 0 Å². The van der Waals surface area contributed by atoms with E-state index in [1.165, 1.54) is 5.56 Å². The zero-order valence-electron chi connectivity index (χ0n) is 20.4. The Bertz CT molecular complexity index is 1260. The molecule has 3 aromatic carbocycles. The summed E-state index contributed by atoms with van der Waals surface area (Å²) in [6.07, 6.45) is 1.70. The maximum absolute atomic E-state index is 12.6. The van der Waals surface area contributed by atoms with E-state index in [2.05, 4.69) is 36.5 Å². The standard InChI is InChI=1S/C27H31N3O4S/c1-21(19-27(2,3)22-11-7-5-8-12-22)28-29-26(31)20-30(35(4,32)33)23-15-17-25(18-16-23)34-24-13-9-6-10-14-24/h5-18H,19-20H2,1-4H3,(H,29,31)/b28-21-. The van der Waals surface area contributed by atoms with Crippen molar-refractivity contribution < 1.29 is 17.9 Å². The number of hydrogen-bond acceptors (Lipinski definition) is 5. The Morgan fingerprint density at radius 2 is 1.46 bits per heavy atom. The molecule has 7 nitrogen and oxygen atoms in total. The van der Waals surface area contributed by atoms with Crippen LogP contribution in [-0.4, -0.2) is 32.8 Å². The Labute approximate surface area is 207 Å². The number of sulfonamides is 1. The molecule has 0 heterocycles. The molecule has 0 spiro atoms. The Hall–Kier alpha value is -3.65. The highest BCUT2D eigenvalue weighted by atomic mass is 32.2. The summed E-state index contributed by atoms with van der Waals surface area (Å²) in [4.78, 5) is 12.6. The van der Waals surface area contributed by atoms with Gasteiger partial charge in [-0.2, -0.15) is 5.10 Å². The van der Waals surface area contributed by atoms with Crippen LogP contribution in [0.2, 0.25) is 0 Å². The van der Waals surface area contributed by atoms with E-state index < -0.39 is 22.5 Å². The highest BCUT2D eigenvalue weighted by molar-refractivity contribution is 7.92. The van der Waals surface area contributed by atoms with E-state index in [1.807, 2.05) is 55.5 Å². The second-order valence-electron chi connectivity index (χ2n) is 8.99. The SMILES string of the molecule is C/C(CC(C)(C)c1ccccc1)=N/NC(=O)CN(c1ccc(Oc2ccccc2)cc1)S(C)(=O)=O. The molecule has 1 N–H and O–H groups in total. The minimum atomic E-state index is -3.70. The number of ether oxygens (including phenoxy) is 1. The summed E-state index contributed by atoms with van der Waals surface area (Å²) in [6.45, 7) is 5.67. The van der Waals surface area contributed by atoms with Crippen molar-refractivity contribution in [2.24, 2.45) is 5.10 Å². The third-order valence-electron chi connectivity index (χ3n) is 5.42. The minimum Gasteiger partial charge on any atom is -0.457 e. The molecule has 1 amide bonds. The van der Waals surface area contributed by atoms with Crippen LogP contribution in [0.15, 0.2) is 90.0 Å². The summed E-state index contributed by atoms with van der Waals surface area (Å²) in [6, 6.07) is 25.9. The van der Waals surface area contributed by atoms with E-state index in [-0.39, 0.29) is 5.41 Å². The highest BCUT2D eigenvalue weighted by Gasteiger charge is 2.23. The van der Waals surface area contributed by atoms with E-state index in [4.69, 9.17) is 4.74 Å². The summed E-state index contributed by atoms with van der Waals surface area (Å²) in [5, 5.41) is 4.20. The van der Waals surface area contributed by atoms with Gasteiger partial charge in [0.2, 0.25) is 10.0 Å². The van der Waals surface area contributed by atoms with E-state index in [9.17, 15) is 13.2 Å². The molecule has 35 heavy (non-hydrogen) atoms. The lowest BCUT2D eigenvalue weighted by Gasteiger charge is -2.25. The van der Waals surface area contributed by atoms with E-state index >= 15 is 0 Å². The molecule has 0 radical (unpaired) electrons. The predicted octanol–water partition coefficient (Wildman–Crippen LogP) is 5.10. The van der Waals surface area contributed by atoms with Gasteiger partial charge in [0.05, 0.1) is 11.9 Å². The number of rotatable bonds is 10. The van der Waals surface area contributed by atoms with Crippen molar-refractivity contribution in [1.29, 1.82) is 0 Å². The molecule has 0 fully saturated rings. The summed E-state index contributed by atoms with van der Waals surface area (Å²) < 4.78 is 31.6. The van der Waals surface area contributed by atoms with Crippen LogP contribution in [0.4, 0.5) is 5.69 Å². The van der Waals surface area contributed by atoms with Gasteiger partial charge in [0, 0.05) is 5.71 Å². The van der Waals surface area contributed by atoms with Crippen LogP contribution in [0, 0.1) is 0 Å². The van der Waals surface area contributed by atoms with E-state index in [1.54, 1.807) is 24.3 Å².